The molecular weight excluding hydrogens is 362 g/mol. The minimum absolute atomic E-state index is 0.0201. The van der Waals surface area contributed by atoms with Gasteiger partial charge in [0.05, 0.1) is 30.2 Å². The first kappa shape index (κ1) is 19.3. The SMILES string of the molecule is CC(=O)C(C)(C)OCc1cc(-c2ccc(Cl)cc2)n(Cc2ccccn2)n1. The lowest BCUT2D eigenvalue weighted by molar-refractivity contribution is -0.139. The monoisotopic (exact) mass is 383 g/mol. The molecule has 0 spiro atoms. The van der Waals surface area contributed by atoms with Gasteiger partial charge in [0.2, 0.25) is 0 Å². The molecule has 0 saturated heterocycles. The molecule has 0 radical (unpaired) electrons. The Balaban J connectivity index is 1.91. The molecule has 140 valence electrons. The third-order valence-electron chi connectivity index (χ3n) is 4.44. The molecule has 6 heteroatoms. The molecular formula is C21H22ClN3O2. The molecule has 0 N–H and O–H groups in total. The van der Waals surface area contributed by atoms with Gasteiger partial charge in [-0.3, -0.25) is 14.5 Å². The van der Waals surface area contributed by atoms with Crippen LogP contribution in [0.3, 0.4) is 0 Å². The Hall–Kier alpha value is -2.50. The number of benzene rings is 1. The topological polar surface area (TPSA) is 57.0 Å². The maximum absolute atomic E-state index is 11.7. The molecule has 5 nitrogen and oxygen atoms in total. The molecule has 0 aliphatic rings. The van der Waals surface area contributed by atoms with E-state index in [0.29, 0.717) is 11.6 Å². The fourth-order valence-corrected chi connectivity index (χ4v) is 2.64. The number of carbonyl (C=O) groups is 1. The van der Waals surface area contributed by atoms with Crippen molar-refractivity contribution in [1.29, 1.82) is 0 Å². The zero-order valence-electron chi connectivity index (χ0n) is 15.6. The second-order valence-electron chi connectivity index (χ2n) is 6.86. The van der Waals surface area contributed by atoms with Crippen LogP contribution in [-0.4, -0.2) is 26.1 Å². The van der Waals surface area contributed by atoms with Gasteiger partial charge in [-0.15, -0.1) is 0 Å². The number of pyridine rings is 1. The van der Waals surface area contributed by atoms with Gasteiger partial charge in [0.25, 0.3) is 0 Å². The normalized spacial score (nSPS) is 11.6. The van der Waals surface area contributed by atoms with Gasteiger partial charge in [0, 0.05) is 11.2 Å². The predicted molar refractivity (Wildman–Crippen MR) is 106 cm³/mol. The summed E-state index contributed by atoms with van der Waals surface area (Å²) in [6.45, 7) is 5.84. The van der Waals surface area contributed by atoms with Crippen LogP contribution in [0.4, 0.5) is 0 Å². The van der Waals surface area contributed by atoms with Crippen LogP contribution in [0.25, 0.3) is 11.3 Å². The lowest BCUT2D eigenvalue weighted by Crippen LogP contribution is -2.32. The summed E-state index contributed by atoms with van der Waals surface area (Å²) < 4.78 is 7.68. The number of ether oxygens (including phenoxy) is 1. The van der Waals surface area contributed by atoms with Gasteiger partial charge in [0.1, 0.15) is 5.60 Å². The molecule has 2 heterocycles. The van der Waals surface area contributed by atoms with Crippen LogP contribution in [-0.2, 0) is 22.7 Å². The number of nitrogens with zero attached hydrogens (tertiary/aromatic N) is 3. The van der Waals surface area contributed by atoms with Crippen molar-refractivity contribution in [2.24, 2.45) is 0 Å². The summed E-state index contributed by atoms with van der Waals surface area (Å²) in [5.41, 5.74) is 2.76. The number of aromatic nitrogens is 3. The Bertz CT molecular complexity index is 918. The first-order valence-electron chi connectivity index (χ1n) is 8.73. The van der Waals surface area contributed by atoms with E-state index in [9.17, 15) is 4.79 Å². The van der Waals surface area contributed by atoms with Gasteiger partial charge >= 0.3 is 0 Å². The van der Waals surface area contributed by atoms with Gasteiger partial charge in [-0.05, 0) is 56.7 Å². The molecule has 0 bridgehead atoms. The highest BCUT2D eigenvalue weighted by atomic mass is 35.5. The molecule has 1 aromatic carbocycles. The summed E-state index contributed by atoms with van der Waals surface area (Å²) >= 11 is 6.02. The number of Topliss-reactive ketones (excluding diaryl/α,β-unsaturated/α-hetero) is 1. The highest BCUT2D eigenvalue weighted by molar-refractivity contribution is 6.30. The van der Waals surface area contributed by atoms with Crippen molar-refractivity contribution in [3.05, 3.63) is 71.1 Å². The van der Waals surface area contributed by atoms with Crippen LogP contribution in [0.1, 0.15) is 32.2 Å². The maximum atomic E-state index is 11.7. The molecule has 0 fully saturated rings. The Labute approximate surface area is 164 Å². The van der Waals surface area contributed by atoms with Crippen LogP contribution in [0.5, 0.6) is 0 Å². The van der Waals surface area contributed by atoms with E-state index < -0.39 is 5.60 Å². The average molecular weight is 384 g/mol. The van der Waals surface area contributed by atoms with E-state index in [0.717, 1.165) is 22.6 Å². The molecule has 0 atom stereocenters. The van der Waals surface area contributed by atoms with Crippen molar-refractivity contribution in [2.45, 2.75) is 39.5 Å². The summed E-state index contributed by atoms with van der Waals surface area (Å²) in [4.78, 5) is 16.1. The number of carbonyl (C=O) groups excluding carboxylic acids is 1. The zero-order chi connectivity index (χ0) is 19.4. The molecule has 27 heavy (non-hydrogen) atoms. The number of ketones is 1. The van der Waals surface area contributed by atoms with Gasteiger partial charge in [0.15, 0.2) is 5.78 Å². The van der Waals surface area contributed by atoms with Crippen molar-refractivity contribution in [1.82, 2.24) is 14.8 Å². The summed E-state index contributed by atoms with van der Waals surface area (Å²) in [6, 6.07) is 15.4. The third-order valence-corrected chi connectivity index (χ3v) is 4.69. The minimum Gasteiger partial charge on any atom is -0.361 e. The second kappa shape index (κ2) is 8.03. The Morgan fingerprint density at radius 3 is 2.52 bits per heavy atom. The van der Waals surface area contributed by atoms with Crippen LogP contribution >= 0.6 is 11.6 Å². The van der Waals surface area contributed by atoms with Crippen molar-refractivity contribution < 1.29 is 9.53 Å². The number of halogens is 1. The maximum Gasteiger partial charge on any atom is 0.161 e. The Kier molecular flexibility index (Phi) is 5.73. The highest BCUT2D eigenvalue weighted by Crippen LogP contribution is 2.24. The summed E-state index contributed by atoms with van der Waals surface area (Å²) in [6.07, 6.45) is 1.76. The lowest BCUT2D eigenvalue weighted by atomic mass is 10.1. The zero-order valence-corrected chi connectivity index (χ0v) is 16.4. The predicted octanol–water partition coefficient (Wildman–Crippen LogP) is 4.53. The van der Waals surface area contributed by atoms with E-state index >= 15 is 0 Å². The fraction of sp³-hybridized carbons (Fsp3) is 0.286. The van der Waals surface area contributed by atoms with Crippen molar-refractivity contribution in [2.75, 3.05) is 0 Å². The molecule has 0 aliphatic carbocycles. The van der Waals surface area contributed by atoms with Gasteiger partial charge in [-0.2, -0.15) is 5.10 Å². The van der Waals surface area contributed by atoms with Gasteiger partial charge < -0.3 is 4.74 Å². The third kappa shape index (κ3) is 4.81. The largest absolute Gasteiger partial charge is 0.361 e. The molecule has 3 aromatic rings. The molecule has 0 unspecified atom stereocenters. The van der Waals surface area contributed by atoms with E-state index in [4.69, 9.17) is 16.3 Å². The average Bonchev–Trinajstić information content (AvgIpc) is 3.04. The number of hydrogen-bond acceptors (Lipinski definition) is 4. The first-order valence-corrected chi connectivity index (χ1v) is 9.10. The molecule has 0 aliphatic heterocycles. The van der Waals surface area contributed by atoms with Crippen LogP contribution in [0, 0.1) is 0 Å². The second-order valence-corrected chi connectivity index (χ2v) is 7.30. The lowest BCUT2D eigenvalue weighted by Gasteiger charge is -2.21. The molecule has 0 amide bonds. The highest BCUT2D eigenvalue weighted by Gasteiger charge is 2.25. The van der Waals surface area contributed by atoms with Gasteiger partial charge in [-0.25, -0.2) is 0 Å². The smallest absolute Gasteiger partial charge is 0.161 e. The van der Waals surface area contributed by atoms with Crippen molar-refractivity contribution >= 4 is 17.4 Å². The fourth-order valence-electron chi connectivity index (χ4n) is 2.52. The van der Waals surface area contributed by atoms with Gasteiger partial charge in [-0.1, -0.05) is 29.8 Å². The summed E-state index contributed by atoms with van der Waals surface area (Å²) in [5.74, 6) is -0.0201. The number of rotatable bonds is 7. The minimum atomic E-state index is -0.842. The Morgan fingerprint density at radius 2 is 1.89 bits per heavy atom. The van der Waals surface area contributed by atoms with E-state index in [1.807, 2.05) is 53.2 Å². The van der Waals surface area contributed by atoms with E-state index in [1.54, 1.807) is 20.0 Å². The number of hydrogen-bond donors (Lipinski definition) is 0. The van der Waals surface area contributed by atoms with Crippen LogP contribution in [0.15, 0.2) is 54.7 Å². The molecule has 3 rings (SSSR count). The quantitative estimate of drug-likeness (QED) is 0.601. The van der Waals surface area contributed by atoms with Crippen molar-refractivity contribution in [3.8, 4) is 11.3 Å². The van der Waals surface area contributed by atoms with E-state index in [2.05, 4.69) is 10.1 Å². The van der Waals surface area contributed by atoms with Crippen LogP contribution in [0.2, 0.25) is 5.02 Å². The molecule has 0 saturated carbocycles. The van der Waals surface area contributed by atoms with Crippen LogP contribution < -0.4 is 0 Å². The van der Waals surface area contributed by atoms with E-state index in [-0.39, 0.29) is 12.4 Å². The van der Waals surface area contributed by atoms with Crippen molar-refractivity contribution in [3.63, 3.8) is 0 Å². The van der Waals surface area contributed by atoms with E-state index in [1.165, 1.54) is 6.92 Å². The molecule has 2 aromatic heterocycles. The summed E-state index contributed by atoms with van der Waals surface area (Å²) in [5, 5.41) is 5.36. The Morgan fingerprint density at radius 1 is 1.15 bits per heavy atom. The first-order chi connectivity index (χ1) is 12.8. The standard InChI is InChI=1S/C21H22ClN3O2/c1-15(26)21(2,3)27-14-19-12-20(16-7-9-17(22)10-8-16)25(24-19)13-18-6-4-5-11-23-18/h4-12H,13-14H2,1-3H3. The summed E-state index contributed by atoms with van der Waals surface area (Å²) in [7, 11) is 0.